The molecular weight excluding hydrogens is 192 g/mol. The van der Waals surface area contributed by atoms with Crippen molar-refractivity contribution in [1.82, 2.24) is 0 Å². The lowest BCUT2D eigenvalue weighted by Crippen LogP contribution is -2.23. The third-order valence-electron chi connectivity index (χ3n) is 3.41. The molecule has 1 heterocycles. The molecule has 0 aromatic heterocycles. The van der Waals surface area contributed by atoms with Crippen LogP contribution in [-0.2, 0) is 4.74 Å². The number of thioether (sulfide) groups is 1. The lowest BCUT2D eigenvalue weighted by molar-refractivity contribution is 0.185. The molecule has 1 unspecified atom stereocenters. The Balaban J connectivity index is 2.13. The van der Waals surface area contributed by atoms with Gasteiger partial charge in [0, 0.05) is 18.0 Å². The first-order valence-electron chi connectivity index (χ1n) is 5.74. The minimum atomic E-state index is 0.430. The number of hydrogen-bond donors (Lipinski definition) is 0. The van der Waals surface area contributed by atoms with E-state index in [4.69, 9.17) is 4.74 Å². The Morgan fingerprint density at radius 1 is 1.43 bits per heavy atom. The zero-order valence-corrected chi connectivity index (χ0v) is 10.8. The highest BCUT2D eigenvalue weighted by atomic mass is 32.2. The van der Waals surface area contributed by atoms with E-state index in [2.05, 4.69) is 39.5 Å². The smallest absolute Gasteiger partial charge is 0.0495 e. The fourth-order valence-corrected chi connectivity index (χ4v) is 2.78. The molecule has 0 radical (unpaired) electrons. The quantitative estimate of drug-likeness (QED) is 0.694. The van der Waals surface area contributed by atoms with Crippen molar-refractivity contribution in [3.63, 3.8) is 0 Å². The summed E-state index contributed by atoms with van der Waals surface area (Å²) in [5.41, 5.74) is 0. The maximum Gasteiger partial charge on any atom is 0.0495 e. The maximum atomic E-state index is 5.38. The highest BCUT2D eigenvalue weighted by molar-refractivity contribution is 8.00. The molecule has 0 N–H and O–H groups in total. The van der Waals surface area contributed by atoms with E-state index in [1.54, 1.807) is 0 Å². The van der Waals surface area contributed by atoms with Gasteiger partial charge < -0.3 is 4.74 Å². The van der Waals surface area contributed by atoms with Crippen LogP contribution in [0.3, 0.4) is 0 Å². The van der Waals surface area contributed by atoms with E-state index in [1.165, 1.54) is 18.6 Å². The summed E-state index contributed by atoms with van der Waals surface area (Å²) in [5.74, 6) is 2.89. The van der Waals surface area contributed by atoms with Crippen LogP contribution < -0.4 is 0 Å². The van der Waals surface area contributed by atoms with Gasteiger partial charge in [0.1, 0.15) is 0 Å². The fraction of sp³-hybridized carbons (Fsp3) is 1.00. The van der Waals surface area contributed by atoms with E-state index >= 15 is 0 Å². The molecule has 1 aliphatic heterocycles. The Labute approximate surface area is 93.0 Å². The molecule has 0 aliphatic carbocycles. The molecule has 1 rings (SSSR count). The van der Waals surface area contributed by atoms with Crippen molar-refractivity contribution < 1.29 is 4.74 Å². The summed E-state index contributed by atoms with van der Waals surface area (Å²) >= 11 is 2.12. The van der Waals surface area contributed by atoms with Gasteiger partial charge in [-0.3, -0.25) is 0 Å². The average Bonchev–Trinajstić information content (AvgIpc) is 2.56. The molecule has 2 heteroatoms. The van der Waals surface area contributed by atoms with Gasteiger partial charge in [0.05, 0.1) is 0 Å². The topological polar surface area (TPSA) is 9.23 Å². The Morgan fingerprint density at radius 2 is 2.14 bits per heavy atom. The molecule has 0 aromatic carbocycles. The van der Waals surface area contributed by atoms with Gasteiger partial charge in [-0.25, -0.2) is 0 Å². The van der Waals surface area contributed by atoms with Crippen LogP contribution in [0.4, 0.5) is 0 Å². The van der Waals surface area contributed by atoms with E-state index in [1.807, 2.05) is 0 Å². The highest BCUT2D eigenvalue weighted by Crippen LogP contribution is 2.33. The summed E-state index contributed by atoms with van der Waals surface area (Å²) in [7, 11) is 0. The van der Waals surface area contributed by atoms with Crippen molar-refractivity contribution in [3.05, 3.63) is 0 Å². The van der Waals surface area contributed by atoms with Gasteiger partial charge >= 0.3 is 0 Å². The minimum absolute atomic E-state index is 0.430. The summed E-state index contributed by atoms with van der Waals surface area (Å²) in [6.07, 6.45) is 2.61. The molecule has 14 heavy (non-hydrogen) atoms. The molecule has 0 bridgehead atoms. The molecular formula is C12H24OS. The second-order valence-electron chi connectivity index (χ2n) is 5.12. The van der Waals surface area contributed by atoms with Gasteiger partial charge in [-0.2, -0.15) is 11.8 Å². The van der Waals surface area contributed by atoms with Gasteiger partial charge in [-0.15, -0.1) is 0 Å². The summed E-state index contributed by atoms with van der Waals surface area (Å²) < 4.78 is 5.81. The van der Waals surface area contributed by atoms with E-state index in [0.717, 1.165) is 25.0 Å². The summed E-state index contributed by atoms with van der Waals surface area (Å²) in [6.45, 7) is 11.3. The van der Waals surface area contributed by atoms with Crippen molar-refractivity contribution in [2.45, 2.75) is 45.3 Å². The van der Waals surface area contributed by atoms with Gasteiger partial charge in [0.15, 0.2) is 0 Å². The second kappa shape index (κ2) is 5.41. The van der Waals surface area contributed by atoms with Gasteiger partial charge in [-0.1, -0.05) is 27.7 Å². The Morgan fingerprint density at radius 3 is 2.64 bits per heavy atom. The lowest BCUT2D eigenvalue weighted by atomic mass is 10.00. The Bertz CT molecular complexity index is 160. The third-order valence-corrected chi connectivity index (χ3v) is 5.07. The monoisotopic (exact) mass is 216 g/mol. The van der Waals surface area contributed by atoms with E-state index in [-0.39, 0.29) is 0 Å². The maximum absolute atomic E-state index is 5.38. The van der Waals surface area contributed by atoms with Crippen LogP contribution in [0.15, 0.2) is 0 Å². The molecule has 1 fully saturated rings. The zero-order chi connectivity index (χ0) is 10.6. The van der Waals surface area contributed by atoms with E-state index < -0.39 is 0 Å². The van der Waals surface area contributed by atoms with Crippen LogP contribution >= 0.6 is 11.8 Å². The number of ether oxygens (including phenoxy) is 1. The van der Waals surface area contributed by atoms with Crippen LogP contribution in [0.1, 0.15) is 40.5 Å². The van der Waals surface area contributed by atoms with E-state index in [0.29, 0.717) is 4.75 Å². The molecule has 84 valence electrons. The summed E-state index contributed by atoms with van der Waals surface area (Å²) in [6, 6.07) is 0. The van der Waals surface area contributed by atoms with E-state index in [9.17, 15) is 0 Å². The fourth-order valence-electron chi connectivity index (χ4n) is 1.47. The third kappa shape index (κ3) is 3.82. The number of hydrogen-bond acceptors (Lipinski definition) is 2. The van der Waals surface area contributed by atoms with Crippen LogP contribution in [-0.4, -0.2) is 23.7 Å². The van der Waals surface area contributed by atoms with Crippen molar-refractivity contribution in [2.24, 2.45) is 11.8 Å². The van der Waals surface area contributed by atoms with Gasteiger partial charge in [-0.05, 0) is 30.4 Å². The van der Waals surface area contributed by atoms with Crippen molar-refractivity contribution in [3.8, 4) is 0 Å². The lowest BCUT2D eigenvalue weighted by Gasteiger charge is -2.28. The first kappa shape index (κ1) is 12.4. The van der Waals surface area contributed by atoms with Crippen LogP contribution in [0.25, 0.3) is 0 Å². The van der Waals surface area contributed by atoms with Gasteiger partial charge in [0.2, 0.25) is 0 Å². The first-order valence-corrected chi connectivity index (χ1v) is 6.72. The first-order chi connectivity index (χ1) is 6.52. The van der Waals surface area contributed by atoms with Crippen molar-refractivity contribution >= 4 is 11.8 Å². The molecule has 0 saturated carbocycles. The second-order valence-corrected chi connectivity index (χ2v) is 6.87. The highest BCUT2D eigenvalue weighted by Gasteiger charge is 2.23. The molecule has 1 atom stereocenters. The van der Waals surface area contributed by atoms with Gasteiger partial charge in [0.25, 0.3) is 0 Å². The Hall–Kier alpha value is 0.310. The SMILES string of the molecule is CC(C)C(C)(C)SCCC1CCOC1. The average molecular weight is 216 g/mol. The Kier molecular flexibility index (Phi) is 4.78. The molecule has 1 aliphatic rings. The van der Waals surface area contributed by atoms with Crippen LogP contribution in [0.5, 0.6) is 0 Å². The van der Waals surface area contributed by atoms with Crippen LogP contribution in [0, 0.1) is 11.8 Å². The van der Waals surface area contributed by atoms with Crippen molar-refractivity contribution in [1.29, 1.82) is 0 Å². The van der Waals surface area contributed by atoms with Crippen molar-refractivity contribution in [2.75, 3.05) is 19.0 Å². The predicted octanol–water partition coefficient (Wildman–Crippen LogP) is 3.58. The molecule has 0 aromatic rings. The zero-order valence-electron chi connectivity index (χ0n) is 10.0. The normalized spacial score (nSPS) is 23.4. The standard InChI is InChI=1S/C12H24OS/c1-10(2)12(3,4)14-8-6-11-5-7-13-9-11/h10-11H,5-9H2,1-4H3. The summed E-state index contributed by atoms with van der Waals surface area (Å²) in [4.78, 5) is 0. The molecule has 1 saturated heterocycles. The molecule has 0 spiro atoms. The largest absolute Gasteiger partial charge is 0.381 e. The predicted molar refractivity (Wildman–Crippen MR) is 64.9 cm³/mol. The summed E-state index contributed by atoms with van der Waals surface area (Å²) in [5, 5.41) is 0. The number of rotatable bonds is 5. The minimum Gasteiger partial charge on any atom is -0.381 e. The van der Waals surface area contributed by atoms with Crippen LogP contribution in [0.2, 0.25) is 0 Å². The molecule has 1 nitrogen and oxygen atoms in total. The molecule has 0 amide bonds.